The summed E-state index contributed by atoms with van der Waals surface area (Å²) in [5, 5.41) is 7.73. The standard InChI is InChI=1S/C12H23N3/c1-4-11(2)12(3)13-7-5-9-15-10-6-8-14-15/h6,8,10-13H,4-5,7,9H2,1-3H3. The van der Waals surface area contributed by atoms with Crippen LogP contribution >= 0.6 is 0 Å². The highest BCUT2D eigenvalue weighted by Gasteiger charge is 2.08. The van der Waals surface area contributed by atoms with Gasteiger partial charge >= 0.3 is 0 Å². The number of rotatable bonds is 7. The molecule has 0 saturated carbocycles. The van der Waals surface area contributed by atoms with Crippen molar-refractivity contribution in [1.82, 2.24) is 15.1 Å². The van der Waals surface area contributed by atoms with Crippen molar-refractivity contribution in [2.45, 2.75) is 46.2 Å². The lowest BCUT2D eigenvalue weighted by atomic mass is 10.0. The summed E-state index contributed by atoms with van der Waals surface area (Å²) in [6.45, 7) is 8.89. The first-order valence-electron chi connectivity index (χ1n) is 5.94. The number of nitrogens with one attached hydrogen (secondary N) is 1. The summed E-state index contributed by atoms with van der Waals surface area (Å²) in [5.41, 5.74) is 0. The van der Waals surface area contributed by atoms with E-state index in [0.29, 0.717) is 6.04 Å². The smallest absolute Gasteiger partial charge is 0.0489 e. The Labute approximate surface area is 92.9 Å². The normalized spacial score (nSPS) is 15.1. The Morgan fingerprint density at radius 3 is 2.80 bits per heavy atom. The molecule has 3 nitrogen and oxygen atoms in total. The highest BCUT2D eigenvalue weighted by atomic mass is 15.3. The average Bonchev–Trinajstić information content (AvgIpc) is 2.75. The first-order valence-corrected chi connectivity index (χ1v) is 5.94. The molecule has 0 aromatic carbocycles. The van der Waals surface area contributed by atoms with Gasteiger partial charge in [0.1, 0.15) is 0 Å². The quantitative estimate of drug-likeness (QED) is 0.698. The van der Waals surface area contributed by atoms with Gasteiger partial charge in [-0.3, -0.25) is 4.68 Å². The van der Waals surface area contributed by atoms with Crippen molar-refractivity contribution in [1.29, 1.82) is 0 Å². The van der Waals surface area contributed by atoms with E-state index < -0.39 is 0 Å². The van der Waals surface area contributed by atoms with Crippen LogP contribution in [-0.2, 0) is 6.54 Å². The van der Waals surface area contributed by atoms with Gasteiger partial charge in [0.05, 0.1) is 0 Å². The summed E-state index contributed by atoms with van der Waals surface area (Å²) >= 11 is 0. The summed E-state index contributed by atoms with van der Waals surface area (Å²) in [5.74, 6) is 0.759. The maximum absolute atomic E-state index is 4.17. The van der Waals surface area contributed by atoms with Gasteiger partial charge in [0, 0.05) is 25.0 Å². The lowest BCUT2D eigenvalue weighted by Crippen LogP contribution is -2.32. The van der Waals surface area contributed by atoms with Crippen LogP contribution in [0.5, 0.6) is 0 Å². The topological polar surface area (TPSA) is 29.9 Å². The van der Waals surface area contributed by atoms with E-state index in [0.717, 1.165) is 25.4 Å². The number of aryl methyl sites for hydroxylation is 1. The molecular weight excluding hydrogens is 186 g/mol. The zero-order valence-corrected chi connectivity index (χ0v) is 10.1. The molecule has 3 heteroatoms. The largest absolute Gasteiger partial charge is 0.314 e. The van der Waals surface area contributed by atoms with Crippen LogP contribution < -0.4 is 5.32 Å². The van der Waals surface area contributed by atoms with E-state index in [1.54, 1.807) is 0 Å². The number of hydrogen-bond acceptors (Lipinski definition) is 2. The molecule has 15 heavy (non-hydrogen) atoms. The minimum Gasteiger partial charge on any atom is -0.314 e. The molecule has 0 aliphatic heterocycles. The summed E-state index contributed by atoms with van der Waals surface area (Å²) in [6.07, 6.45) is 6.23. The molecule has 1 heterocycles. The Morgan fingerprint density at radius 2 is 2.20 bits per heavy atom. The van der Waals surface area contributed by atoms with Gasteiger partial charge in [0.15, 0.2) is 0 Å². The Kier molecular flexibility index (Phi) is 5.40. The molecule has 0 spiro atoms. The van der Waals surface area contributed by atoms with Crippen molar-refractivity contribution in [2.75, 3.05) is 6.54 Å². The predicted molar refractivity (Wildman–Crippen MR) is 63.8 cm³/mol. The fourth-order valence-corrected chi connectivity index (χ4v) is 1.56. The first kappa shape index (κ1) is 12.2. The Hall–Kier alpha value is -0.830. The maximum atomic E-state index is 4.17. The zero-order valence-electron chi connectivity index (χ0n) is 10.1. The number of aromatic nitrogens is 2. The van der Waals surface area contributed by atoms with Gasteiger partial charge < -0.3 is 5.32 Å². The van der Waals surface area contributed by atoms with E-state index in [-0.39, 0.29) is 0 Å². The van der Waals surface area contributed by atoms with Crippen molar-refractivity contribution in [2.24, 2.45) is 5.92 Å². The first-order chi connectivity index (χ1) is 7.24. The van der Waals surface area contributed by atoms with Crippen molar-refractivity contribution in [3.8, 4) is 0 Å². The summed E-state index contributed by atoms with van der Waals surface area (Å²) < 4.78 is 1.98. The molecule has 0 bridgehead atoms. The second-order valence-electron chi connectivity index (χ2n) is 4.25. The van der Waals surface area contributed by atoms with Gasteiger partial charge in [0.25, 0.3) is 0 Å². The third-order valence-corrected chi connectivity index (χ3v) is 3.09. The van der Waals surface area contributed by atoms with Crippen LogP contribution in [-0.4, -0.2) is 22.4 Å². The van der Waals surface area contributed by atoms with E-state index in [1.807, 2.05) is 23.1 Å². The SMILES string of the molecule is CCC(C)C(C)NCCCn1cccn1. The van der Waals surface area contributed by atoms with Gasteiger partial charge in [-0.05, 0) is 31.9 Å². The lowest BCUT2D eigenvalue weighted by Gasteiger charge is -2.19. The van der Waals surface area contributed by atoms with Gasteiger partial charge in [-0.2, -0.15) is 5.10 Å². The van der Waals surface area contributed by atoms with E-state index >= 15 is 0 Å². The minimum absolute atomic E-state index is 0.618. The third kappa shape index (κ3) is 4.47. The van der Waals surface area contributed by atoms with E-state index in [2.05, 4.69) is 31.2 Å². The van der Waals surface area contributed by atoms with Crippen LogP contribution in [0.15, 0.2) is 18.5 Å². The number of nitrogens with zero attached hydrogens (tertiary/aromatic N) is 2. The maximum Gasteiger partial charge on any atom is 0.0489 e. The molecular formula is C12H23N3. The molecule has 0 fully saturated rings. The molecule has 1 aromatic rings. The highest BCUT2D eigenvalue weighted by Crippen LogP contribution is 2.06. The summed E-state index contributed by atoms with van der Waals surface area (Å²) in [4.78, 5) is 0. The molecule has 2 atom stereocenters. The summed E-state index contributed by atoms with van der Waals surface area (Å²) in [7, 11) is 0. The van der Waals surface area contributed by atoms with Crippen molar-refractivity contribution in [3.05, 3.63) is 18.5 Å². The van der Waals surface area contributed by atoms with Crippen molar-refractivity contribution < 1.29 is 0 Å². The van der Waals surface area contributed by atoms with Gasteiger partial charge in [-0.25, -0.2) is 0 Å². The second-order valence-corrected chi connectivity index (χ2v) is 4.25. The lowest BCUT2D eigenvalue weighted by molar-refractivity contribution is 0.382. The monoisotopic (exact) mass is 209 g/mol. The second kappa shape index (κ2) is 6.62. The van der Waals surface area contributed by atoms with E-state index in [9.17, 15) is 0 Å². The molecule has 86 valence electrons. The van der Waals surface area contributed by atoms with Gasteiger partial charge in [-0.1, -0.05) is 20.3 Å². The Balaban J connectivity index is 2.06. The fourth-order valence-electron chi connectivity index (χ4n) is 1.56. The van der Waals surface area contributed by atoms with Crippen LogP contribution in [0.2, 0.25) is 0 Å². The molecule has 0 aliphatic rings. The van der Waals surface area contributed by atoms with Crippen LogP contribution in [0, 0.1) is 5.92 Å². The average molecular weight is 209 g/mol. The molecule has 0 saturated heterocycles. The molecule has 1 aromatic heterocycles. The molecule has 0 aliphatic carbocycles. The number of hydrogen-bond donors (Lipinski definition) is 1. The molecule has 0 radical (unpaired) electrons. The van der Waals surface area contributed by atoms with Crippen LogP contribution in [0.1, 0.15) is 33.6 Å². The molecule has 0 amide bonds. The van der Waals surface area contributed by atoms with Crippen LogP contribution in [0.25, 0.3) is 0 Å². The minimum atomic E-state index is 0.618. The summed E-state index contributed by atoms with van der Waals surface area (Å²) in [6, 6.07) is 2.59. The Morgan fingerprint density at radius 1 is 1.40 bits per heavy atom. The predicted octanol–water partition coefficient (Wildman–Crippen LogP) is 2.30. The molecule has 1 rings (SSSR count). The van der Waals surface area contributed by atoms with Gasteiger partial charge in [-0.15, -0.1) is 0 Å². The van der Waals surface area contributed by atoms with E-state index in [4.69, 9.17) is 0 Å². The Bertz CT molecular complexity index is 243. The van der Waals surface area contributed by atoms with Crippen LogP contribution in [0.3, 0.4) is 0 Å². The fraction of sp³-hybridized carbons (Fsp3) is 0.750. The molecule has 1 N–H and O–H groups in total. The third-order valence-electron chi connectivity index (χ3n) is 3.09. The zero-order chi connectivity index (χ0) is 11.1. The van der Waals surface area contributed by atoms with Crippen molar-refractivity contribution in [3.63, 3.8) is 0 Å². The van der Waals surface area contributed by atoms with Crippen LogP contribution in [0.4, 0.5) is 0 Å². The highest BCUT2D eigenvalue weighted by molar-refractivity contribution is 4.77. The van der Waals surface area contributed by atoms with Crippen molar-refractivity contribution >= 4 is 0 Å². The van der Waals surface area contributed by atoms with E-state index in [1.165, 1.54) is 6.42 Å². The van der Waals surface area contributed by atoms with Gasteiger partial charge in [0.2, 0.25) is 0 Å². The molecule has 2 unspecified atom stereocenters.